The highest BCUT2D eigenvalue weighted by atomic mass is 35.5. The Labute approximate surface area is 171 Å². The van der Waals surface area contributed by atoms with Crippen molar-refractivity contribution in [3.8, 4) is 5.75 Å². The molecule has 6 nitrogen and oxygen atoms in total. The van der Waals surface area contributed by atoms with Crippen molar-refractivity contribution in [3.63, 3.8) is 0 Å². The Hall–Kier alpha value is -2.18. The summed E-state index contributed by atoms with van der Waals surface area (Å²) in [5.41, 5.74) is 0. The summed E-state index contributed by atoms with van der Waals surface area (Å²) < 4.78 is 16.7. The zero-order valence-electron chi connectivity index (χ0n) is 16.3. The van der Waals surface area contributed by atoms with E-state index in [0.717, 1.165) is 63.2 Å². The maximum Gasteiger partial charge on any atom is 0.193 e. The third kappa shape index (κ3) is 6.77. The molecule has 2 aromatic rings. The van der Waals surface area contributed by atoms with Crippen molar-refractivity contribution in [2.45, 2.75) is 12.8 Å². The fraction of sp³-hybridized carbons (Fsp3) is 0.476. The molecule has 1 atom stereocenters. The van der Waals surface area contributed by atoms with Crippen molar-refractivity contribution in [1.82, 2.24) is 10.2 Å². The van der Waals surface area contributed by atoms with Gasteiger partial charge in [0.2, 0.25) is 0 Å². The number of ether oxygens (including phenoxy) is 2. The summed E-state index contributed by atoms with van der Waals surface area (Å²) in [6, 6.07) is 11.3. The van der Waals surface area contributed by atoms with Gasteiger partial charge >= 0.3 is 0 Å². The molecule has 0 saturated carbocycles. The van der Waals surface area contributed by atoms with Gasteiger partial charge in [-0.1, -0.05) is 11.6 Å². The summed E-state index contributed by atoms with van der Waals surface area (Å²) in [5.74, 6) is 3.15. The first kappa shape index (κ1) is 20.6. The first-order valence-electron chi connectivity index (χ1n) is 9.68. The van der Waals surface area contributed by atoms with Crippen LogP contribution in [0.25, 0.3) is 0 Å². The van der Waals surface area contributed by atoms with E-state index in [9.17, 15) is 0 Å². The molecule has 1 aliphatic rings. The van der Waals surface area contributed by atoms with Crippen LogP contribution in [0.2, 0.25) is 5.02 Å². The van der Waals surface area contributed by atoms with Gasteiger partial charge in [-0.3, -0.25) is 4.99 Å². The van der Waals surface area contributed by atoms with Crippen LogP contribution in [0.3, 0.4) is 0 Å². The van der Waals surface area contributed by atoms with Crippen molar-refractivity contribution in [2.24, 2.45) is 10.9 Å². The van der Waals surface area contributed by atoms with Crippen LogP contribution in [0.1, 0.15) is 12.2 Å². The van der Waals surface area contributed by atoms with Crippen LogP contribution in [0, 0.1) is 5.92 Å². The lowest BCUT2D eigenvalue weighted by Crippen LogP contribution is -2.42. The predicted molar refractivity (Wildman–Crippen MR) is 111 cm³/mol. The fourth-order valence-corrected chi connectivity index (χ4v) is 3.07. The zero-order chi connectivity index (χ0) is 19.6. The molecule has 3 rings (SSSR count). The van der Waals surface area contributed by atoms with Crippen molar-refractivity contribution < 1.29 is 13.9 Å². The second kappa shape index (κ2) is 11.0. The molecular weight excluding hydrogens is 378 g/mol. The molecule has 1 N–H and O–H groups in total. The van der Waals surface area contributed by atoms with E-state index in [1.807, 2.05) is 43.4 Å². The maximum absolute atomic E-state index is 5.91. The van der Waals surface area contributed by atoms with Crippen LogP contribution >= 0.6 is 11.6 Å². The van der Waals surface area contributed by atoms with E-state index >= 15 is 0 Å². The van der Waals surface area contributed by atoms with Crippen LogP contribution < -0.4 is 10.1 Å². The topological polar surface area (TPSA) is 59.2 Å². The Morgan fingerprint density at radius 1 is 1.32 bits per heavy atom. The van der Waals surface area contributed by atoms with E-state index in [2.05, 4.69) is 10.2 Å². The molecule has 1 aliphatic heterocycles. The summed E-state index contributed by atoms with van der Waals surface area (Å²) >= 11 is 5.91. The Morgan fingerprint density at radius 3 is 2.89 bits per heavy atom. The van der Waals surface area contributed by atoms with Crippen molar-refractivity contribution in [2.75, 3.05) is 46.5 Å². The maximum atomic E-state index is 5.91. The Kier molecular flexibility index (Phi) is 8.06. The highest BCUT2D eigenvalue weighted by Gasteiger charge is 2.16. The first-order valence-corrected chi connectivity index (χ1v) is 10.1. The largest absolute Gasteiger partial charge is 0.492 e. The van der Waals surface area contributed by atoms with Crippen LogP contribution in [0.15, 0.2) is 52.1 Å². The van der Waals surface area contributed by atoms with Gasteiger partial charge in [0, 0.05) is 44.1 Å². The van der Waals surface area contributed by atoms with E-state index < -0.39 is 0 Å². The number of nitrogens with one attached hydrogen (secondary N) is 1. The molecule has 1 unspecified atom stereocenters. The van der Waals surface area contributed by atoms with Crippen molar-refractivity contribution >= 4 is 17.6 Å². The lowest BCUT2D eigenvalue weighted by molar-refractivity contribution is 0.187. The number of hydrogen-bond donors (Lipinski definition) is 1. The lowest BCUT2D eigenvalue weighted by atomic mass is 10.1. The Balaban J connectivity index is 1.49. The molecule has 2 heterocycles. The summed E-state index contributed by atoms with van der Waals surface area (Å²) in [4.78, 5) is 6.90. The van der Waals surface area contributed by atoms with Gasteiger partial charge in [-0.05, 0) is 42.8 Å². The summed E-state index contributed by atoms with van der Waals surface area (Å²) in [6.45, 7) is 4.44. The second-order valence-corrected chi connectivity index (χ2v) is 7.31. The van der Waals surface area contributed by atoms with Crippen molar-refractivity contribution in [1.29, 1.82) is 0 Å². The third-order valence-electron chi connectivity index (χ3n) is 4.63. The molecule has 1 fully saturated rings. The van der Waals surface area contributed by atoms with Gasteiger partial charge in [-0.2, -0.15) is 0 Å². The van der Waals surface area contributed by atoms with Crippen LogP contribution in [-0.2, 0) is 11.2 Å². The van der Waals surface area contributed by atoms with E-state index in [-0.39, 0.29) is 0 Å². The van der Waals surface area contributed by atoms with Gasteiger partial charge in [0.05, 0.1) is 19.4 Å². The fourth-order valence-electron chi connectivity index (χ4n) is 2.94. The molecule has 28 heavy (non-hydrogen) atoms. The number of rotatable bonds is 9. The molecule has 0 radical (unpaired) electrons. The van der Waals surface area contributed by atoms with Crippen LogP contribution in [0.5, 0.6) is 5.75 Å². The van der Waals surface area contributed by atoms with E-state index in [1.54, 1.807) is 6.26 Å². The highest BCUT2D eigenvalue weighted by Crippen LogP contribution is 2.15. The highest BCUT2D eigenvalue weighted by molar-refractivity contribution is 6.30. The molecule has 0 aliphatic carbocycles. The molecule has 1 aromatic heterocycles. The summed E-state index contributed by atoms with van der Waals surface area (Å²) in [6.07, 6.45) is 3.59. The standard InChI is InChI=1S/C21H28ClN3O3/c1-25(11-14-28-20-6-4-18(22)5-7-20)21(24-15-17-9-13-26-16-17)23-10-8-19-3-2-12-27-19/h2-7,12,17H,8-11,13-16H2,1H3,(H,23,24). The predicted octanol–water partition coefficient (Wildman–Crippen LogP) is 3.47. The van der Waals surface area contributed by atoms with E-state index in [4.69, 9.17) is 30.5 Å². The number of nitrogens with zero attached hydrogens (tertiary/aromatic N) is 2. The van der Waals surface area contributed by atoms with Gasteiger partial charge < -0.3 is 24.1 Å². The zero-order valence-corrected chi connectivity index (χ0v) is 17.0. The molecule has 7 heteroatoms. The lowest BCUT2D eigenvalue weighted by Gasteiger charge is -2.23. The number of furan rings is 1. The van der Waals surface area contributed by atoms with Gasteiger partial charge in [-0.15, -0.1) is 0 Å². The smallest absolute Gasteiger partial charge is 0.193 e. The Bertz CT molecular complexity index is 713. The third-order valence-corrected chi connectivity index (χ3v) is 4.88. The van der Waals surface area contributed by atoms with Crippen LogP contribution in [-0.4, -0.2) is 57.4 Å². The minimum Gasteiger partial charge on any atom is -0.492 e. The van der Waals surface area contributed by atoms with Gasteiger partial charge in [0.1, 0.15) is 18.1 Å². The second-order valence-electron chi connectivity index (χ2n) is 6.87. The average Bonchev–Trinajstić information content (AvgIpc) is 3.40. The number of aliphatic imine (C=N–C) groups is 1. The normalized spacial score (nSPS) is 16.9. The van der Waals surface area contributed by atoms with Crippen molar-refractivity contribution in [3.05, 3.63) is 53.4 Å². The number of halogens is 1. The summed E-state index contributed by atoms with van der Waals surface area (Å²) in [5, 5.41) is 4.14. The summed E-state index contributed by atoms with van der Waals surface area (Å²) in [7, 11) is 2.02. The van der Waals surface area contributed by atoms with Gasteiger partial charge in [-0.25, -0.2) is 0 Å². The van der Waals surface area contributed by atoms with E-state index in [1.165, 1.54) is 0 Å². The average molecular weight is 406 g/mol. The Morgan fingerprint density at radius 2 is 2.18 bits per heavy atom. The minimum absolute atomic E-state index is 0.501. The molecular formula is C21H28ClN3O3. The number of benzene rings is 1. The number of likely N-dealkylation sites (N-methyl/N-ethyl adjacent to an activating group) is 1. The number of guanidine groups is 1. The molecule has 1 aromatic carbocycles. The van der Waals surface area contributed by atoms with Crippen LogP contribution in [0.4, 0.5) is 0 Å². The SMILES string of the molecule is CN(CCOc1ccc(Cl)cc1)C(=NCC1CCOC1)NCCc1ccco1. The number of hydrogen-bond acceptors (Lipinski definition) is 4. The molecule has 0 spiro atoms. The molecule has 1 saturated heterocycles. The molecule has 0 amide bonds. The van der Waals surface area contributed by atoms with Gasteiger partial charge in [0.15, 0.2) is 5.96 Å². The van der Waals surface area contributed by atoms with E-state index in [0.29, 0.717) is 17.5 Å². The quantitative estimate of drug-likeness (QED) is 0.511. The monoisotopic (exact) mass is 405 g/mol. The van der Waals surface area contributed by atoms with Gasteiger partial charge in [0.25, 0.3) is 0 Å². The molecule has 152 valence electrons. The minimum atomic E-state index is 0.501. The first-order chi connectivity index (χ1) is 13.7. The molecule has 0 bridgehead atoms.